The average molecular weight is 346 g/mol. The number of benzene rings is 1. The summed E-state index contributed by atoms with van der Waals surface area (Å²) in [6, 6.07) is 9.19. The SMILES string of the molecule is CC1(C)CC(NC(=O)NCC(O)c2ccsc2)c2ccccc2O1. The van der Waals surface area contributed by atoms with Gasteiger partial charge in [0.1, 0.15) is 11.4 Å². The Kier molecular flexibility index (Phi) is 4.78. The van der Waals surface area contributed by atoms with E-state index in [1.807, 2.05) is 54.9 Å². The molecule has 2 aromatic rings. The number of aliphatic hydroxyl groups is 1. The van der Waals surface area contributed by atoms with E-state index in [9.17, 15) is 9.90 Å². The molecule has 3 N–H and O–H groups in total. The highest BCUT2D eigenvalue weighted by atomic mass is 32.1. The second-order valence-corrected chi connectivity index (χ2v) is 7.36. The molecule has 0 saturated carbocycles. The average Bonchev–Trinajstić information content (AvgIpc) is 3.06. The number of carbonyl (C=O) groups is 1. The number of carbonyl (C=O) groups excluding carboxylic acids is 1. The van der Waals surface area contributed by atoms with Crippen molar-refractivity contribution in [3.63, 3.8) is 0 Å². The lowest BCUT2D eigenvalue weighted by molar-refractivity contribution is 0.0677. The van der Waals surface area contributed by atoms with E-state index >= 15 is 0 Å². The zero-order chi connectivity index (χ0) is 17.2. The van der Waals surface area contributed by atoms with Gasteiger partial charge in [0.15, 0.2) is 0 Å². The minimum atomic E-state index is -0.694. The number of nitrogens with one attached hydrogen (secondary N) is 2. The molecule has 2 unspecified atom stereocenters. The standard InChI is InChI=1S/C18H22N2O3S/c1-18(2)9-14(13-5-3-4-6-16(13)23-18)20-17(22)19-10-15(21)12-7-8-24-11-12/h3-8,11,14-15,21H,9-10H2,1-2H3,(H2,19,20,22). The molecule has 0 fully saturated rings. The Bertz CT molecular complexity index is 700. The van der Waals surface area contributed by atoms with Crippen LogP contribution in [0.3, 0.4) is 0 Å². The molecule has 5 nitrogen and oxygen atoms in total. The molecule has 0 bridgehead atoms. The zero-order valence-corrected chi connectivity index (χ0v) is 14.6. The molecule has 1 aromatic carbocycles. The number of urea groups is 1. The van der Waals surface area contributed by atoms with Gasteiger partial charge in [-0.1, -0.05) is 18.2 Å². The highest BCUT2D eigenvalue weighted by Crippen LogP contribution is 2.39. The van der Waals surface area contributed by atoms with Gasteiger partial charge in [-0.2, -0.15) is 11.3 Å². The Morgan fingerprint density at radius 3 is 2.96 bits per heavy atom. The molecule has 1 aromatic heterocycles. The number of fused-ring (bicyclic) bond motifs is 1. The molecule has 2 heterocycles. The first-order valence-electron chi connectivity index (χ1n) is 7.97. The Morgan fingerprint density at radius 1 is 1.42 bits per heavy atom. The van der Waals surface area contributed by atoms with Crippen molar-refractivity contribution in [1.29, 1.82) is 0 Å². The molecule has 0 saturated heterocycles. The van der Waals surface area contributed by atoms with E-state index in [0.29, 0.717) is 6.42 Å². The van der Waals surface area contributed by atoms with E-state index in [-0.39, 0.29) is 24.2 Å². The number of ether oxygens (including phenoxy) is 1. The lowest BCUT2D eigenvalue weighted by atomic mass is 9.90. The maximum Gasteiger partial charge on any atom is 0.315 e. The van der Waals surface area contributed by atoms with E-state index in [1.54, 1.807) is 0 Å². The minimum Gasteiger partial charge on any atom is -0.487 e. The molecule has 6 heteroatoms. The van der Waals surface area contributed by atoms with Crippen molar-refractivity contribution in [1.82, 2.24) is 10.6 Å². The summed E-state index contributed by atoms with van der Waals surface area (Å²) in [5.74, 6) is 0.803. The summed E-state index contributed by atoms with van der Waals surface area (Å²) in [4.78, 5) is 12.2. The van der Waals surface area contributed by atoms with Crippen molar-refractivity contribution in [2.45, 2.75) is 38.0 Å². The van der Waals surface area contributed by atoms with Crippen molar-refractivity contribution < 1.29 is 14.6 Å². The molecule has 0 spiro atoms. The van der Waals surface area contributed by atoms with Gasteiger partial charge in [0, 0.05) is 18.5 Å². The molecule has 1 aliphatic rings. The predicted molar refractivity (Wildman–Crippen MR) is 94.3 cm³/mol. The van der Waals surface area contributed by atoms with Crippen LogP contribution in [0.1, 0.15) is 43.5 Å². The van der Waals surface area contributed by atoms with Gasteiger partial charge in [-0.15, -0.1) is 0 Å². The molecule has 2 atom stereocenters. The highest BCUT2D eigenvalue weighted by Gasteiger charge is 2.34. The van der Waals surface area contributed by atoms with Gasteiger partial charge in [-0.25, -0.2) is 4.79 Å². The molecule has 24 heavy (non-hydrogen) atoms. The van der Waals surface area contributed by atoms with E-state index in [0.717, 1.165) is 16.9 Å². The highest BCUT2D eigenvalue weighted by molar-refractivity contribution is 7.07. The van der Waals surface area contributed by atoms with Crippen molar-refractivity contribution in [2.24, 2.45) is 0 Å². The summed E-state index contributed by atoms with van der Waals surface area (Å²) >= 11 is 1.52. The maximum absolute atomic E-state index is 12.2. The Morgan fingerprint density at radius 2 is 2.21 bits per heavy atom. The van der Waals surface area contributed by atoms with Crippen molar-refractivity contribution in [3.8, 4) is 5.75 Å². The molecule has 2 amide bonds. The lowest BCUT2D eigenvalue weighted by Gasteiger charge is -2.37. The first-order chi connectivity index (χ1) is 11.4. The van der Waals surface area contributed by atoms with E-state index in [2.05, 4.69) is 10.6 Å². The number of amides is 2. The quantitative estimate of drug-likeness (QED) is 0.795. The summed E-state index contributed by atoms with van der Waals surface area (Å²) in [6.45, 7) is 4.20. The van der Waals surface area contributed by atoms with Crippen LogP contribution in [0.25, 0.3) is 0 Å². The van der Waals surface area contributed by atoms with Gasteiger partial charge >= 0.3 is 6.03 Å². The third-order valence-electron chi connectivity index (χ3n) is 4.07. The summed E-state index contributed by atoms with van der Waals surface area (Å²) in [5, 5.41) is 19.6. The zero-order valence-electron chi connectivity index (χ0n) is 13.8. The van der Waals surface area contributed by atoms with Crippen LogP contribution >= 0.6 is 11.3 Å². The largest absolute Gasteiger partial charge is 0.487 e. The number of para-hydroxylation sites is 1. The Balaban J connectivity index is 1.62. The normalized spacial score (nSPS) is 19.7. The van der Waals surface area contributed by atoms with E-state index in [4.69, 9.17) is 4.74 Å². The van der Waals surface area contributed by atoms with Gasteiger partial charge < -0.3 is 20.5 Å². The lowest BCUT2D eigenvalue weighted by Crippen LogP contribution is -2.45. The van der Waals surface area contributed by atoms with E-state index < -0.39 is 6.10 Å². The third kappa shape index (κ3) is 3.88. The molecular formula is C18H22N2O3S. The van der Waals surface area contributed by atoms with Crippen LogP contribution in [0, 0.1) is 0 Å². The number of thiophene rings is 1. The van der Waals surface area contributed by atoms with Crippen LogP contribution in [-0.2, 0) is 0 Å². The summed E-state index contributed by atoms with van der Waals surface area (Å²) in [5.41, 5.74) is 1.45. The topological polar surface area (TPSA) is 70.6 Å². The number of rotatable bonds is 4. The second-order valence-electron chi connectivity index (χ2n) is 6.58. The maximum atomic E-state index is 12.2. The fraction of sp³-hybridized carbons (Fsp3) is 0.389. The van der Waals surface area contributed by atoms with Crippen molar-refractivity contribution in [2.75, 3.05) is 6.54 Å². The molecule has 0 aliphatic carbocycles. The first kappa shape index (κ1) is 16.8. The monoisotopic (exact) mass is 346 g/mol. The van der Waals surface area contributed by atoms with Crippen molar-refractivity contribution in [3.05, 3.63) is 52.2 Å². The van der Waals surface area contributed by atoms with Crippen LogP contribution in [0.4, 0.5) is 4.79 Å². The van der Waals surface area contributed by atoms with Crippen LogP contribution in [0.5, 0.6) is 5.75 Å². The van der Waals surface area contributed by atoms with Crippen LogP contribution in [-0.4, -0.2) is 23.3 Å². The van der Waals surface area contributed by atoms with Crippen LogP contribution < -0.4 is 15.4 Å². The van der Waals surface area contributed by atoms with E-state index in [1.165, 1.54) is 11.3 Å². The second kappa shape index (κ2) is 6.83. The van der Waals surface area contributed by atoms with Crippen LogP contribution in [0.15, 0.2) is 41.1 Å². The minimum absolute atomic E-state index is 0.122. The van der Waals surface area contributed by atoms with Gasteiger partial charge in [0.25, 0.3) is 0 Å². The van der Waals surface area contributed by atoms with Gasteiger partial charge in [0.2, 0.25) is 0 Å². The number of hydrogen-bond acceptors (Lipinski definition) is 4. The molecule has 128 valence electrons. The molecular weight excluding hydrogens is 324 g/mol. The number of hydrogen-bond donors (Lipinski definition) is 3. The summed E-state index contributed by atoms with van der Waals surface area (Å²) < 4.78 is 5.97. The summed E-state index contributed by atoms with van der Waals surface area (Å²) in [7, 11) is 0. The Labute approximate surface area is 145 Å². The van der Waals surface area contributed by atoms with Gasteiger partial charge in [-0.05, 0) is 42.3 Å². The fourth-order valence-electron chi connectivity index (χ4n) is 2.91. The third-order valence-corrected chi connectivity index (χ3v) is 4.77. The van der Waals surface area contributed by atoms with Gasteiger partial charge in [0.05, 0.1) is 12.1 Å². The first-order valence-corrected chi connectivity index (χ1v) is 8.91. The smallest absolute Gasteiger partial charge is 0.315 e. The molecule has 1 aliphatic heterocycles. The fourth-order valence-corrected chi connectivity index (χ4v) is 3.62. The van der Waals surface area contributed by atoms with Crippen molar-refractivity contribution >= 4 is 17.4 Å². The molecule has 0 radical (unpaired) electrons. The Hall–Kier alpha value is -2.05. The van der Waals surface area contributed by atoms with Crippen LogP contribution in [0.2, 0.25) is 0 Å². The molecule has 3 rings (SSSR count). The number of aliphatic hydroxyl groups excluding tert-OH is 1. The van der Waals surface area contributed by atoms with Gasteiger partial charge in [-0.3, -0.25) is 0 Å². The predicted octanol–water partition coefficient (Wildman–Crippen LogP) is 3.38. The summed E-state index contributed by atoms with van der Waals surface area (Å²) in [6.07, 6.45) is -0.00902.